The molecule has 0 saturated heterocycles. The average molecular weight is 218 g/mol. The van der Waals surface area contributed by atoms with Crippen LogP contribution in [0.4, 0.5) is 0 Å². The predicted molar refractivity (Wildman–Crippen MR) is 67.1 cm³/mol. The van der Waals surface area contributed by atoms with Gasteiger partial charge in [-0.15, -0.1) is 0 Å². The van der Waals surface area contributed by atoms with Crippen molar-refractivity contribution < 1.29 is 0 Å². The van der Waals surface area contributed by atoms with Crippen LogP contribution in [-0.2, 0) is 0 Å². The van der Waals surface area contributed by atoms with Gasteiger partial charge >= 0.3 is 0 Å². The fraction of sp³-hybridized carbons (Fsp3) is 1.00. The zero-order valence-electron chi connectivity index (χ0n) is 10.5. The molecule has 4 aliphatic carbocycles. The van der Waals surface area contributed by atoms with Gasteiger partial charge in [0.2, 0.25) is 0 Å². The molecule has 0 radical (unpaired) electrons. The minimum absolute atomic E-state index is 1.16. The molecule has 0 aromatic carbocycles. The van der Waals surface area contributed by atoms with Crippen molar-refractivity contribution in [1.29, 1.82) is 0 Å². The second-order valence-corrected chi connectivity index (χ2v) is 7.20. The predicted octanol–water partition coefficient (Wildman–Crippen LogP) is 4.64. The van der Waals surface area contributed by atoms with E-state index in [0.717, 1.165) is 5.92 Å². The van der Waals surface area contributed by atoms with E-state index in [1.165, 1.54) is 29.6 Å². The van der Waals surface area contributed by atoms with E-state index >= 15 is 0 Å². The molecule has 0 bridgehead atoms. The fourth-order valence-electron chi connectivity index (χ4n) is 6.29. The van der Waals surface area contributed by atoms with Crippen LogP contribution in [-0.4, -0.2) is 0 Å². The average Bonchev–Trinajstić information content (AvgIpc) is 2.93. The van der Waals surface area contributed by atoms with Crippen LogP contribution < -0.4 is 0 Å². The SMILES string of the molecule is C1CC2CC3C4CCCC4CCCC3C2C1. The third-order valence-corrected chi connectivity index (χ3v) is 6.77. The molecule has 0 heteroatoms. The standard InChI is InChI=1S/C16H26/c1-4-11-5-2-9-15-14-8-3-6-12(14)10-16(15)13(11)7-1/h11-16H,1-10H2. The highest BCUT2D eigenvalue weighted by Gasteiger charge is 2.50. The smallest absolute Gasteiger partial charge is 0.0349 e. The molecule has 0 nitrogen and oxygen atoms in total. The summed E-state index contributed by atoms with van der Waals surface area (Å²) in [6.07, 6.45) is 15.9. The van der Waals surface area contributed by atoms with Crippen LogP contribution in [0.5, 0.6) is 0 Å². The van der Waals surface area contributed by atoms with Crippen molar-refractivity contribution in [2.75, 3.05) is 0 Å². The van der Waals surface area contributed by atoms with Gasteiger partial charge in [0, 0.05) is 0 Å². The van der Waals surface area contributed by atoms with Gasteiger partial charge in [-0.1, -0.05) is 38.5 Å². The van der Waals surface area contributed by atoms with Crippen LogP contribution in [0.3, 0.4) is 0 Å². The molecular formula is C16H26. The molecule has 6 atom stereocenters. The van der Waals surface area contributed by atoms with Crippen molar-refractivity contribution in [3.63, 3.8) is 0 Å². The zero-order valence-corrected chi connectivity index (χ0v) is 10.5. The minimum atomic E-state index is 1.16. The Balaban J connectivity index is 1.61. The zero-order chi connectivity index (χ0) is 10.5. The number of fused-ring (bicyclic) bond motifs is 5. The van der Waals surface area contributed by atoms with Crippen molar-refractivity contribution in [3.05, 3.63) is 0 Å². The van der Waals surface area contributed by atoms with E-state index in [2.05, 4.69) is 0 Å². The summed E-state index contributed by atoms with van der Waals surface area (Å²) in [5.74, 6) is 7.07. The van der Waals surface area contributed by atoms with Crippen LogP contribution in [0, 0.1) is 35.5 Å². The van der Waals surface area contributed by atoms with Gasteiger partial charge in [0.15, 0.2) is 0 Å². The summed E-state index contributed by atoms with van der Waals surface area (Å²) in [7, 11) is 0. The van der Waals surface area contributed by atoms with Crippen LogP contribution >= 0.6 is 0 Å². The van der Waals surface area contributed by atoms with E-state index in [9.17, 15) is 0 Å². The Hall–Kier alpha value is 0. The first-order valence-electron chi connectivity index (χ1n) is 7.93. The highest BCUT2D eigenvalue weighted by atomic mass is 14.6. The first kappa shape index (κ1) is 9.97. The molecule has 0 aromatic rings. The molecule has 6 unspecified atom stereocenters. The van der Waals surface area contributed by atoms with Gasteiger partial charge in [0.25, 0.3) is 0 Å². The van der Waals surface area contributed by atoms with E-state index in [1.807, 2.05) is 0 Å². The molecule has 0 amide bonds. The molecule has 90 valence electrons. The van der Waals surface area contributed by atoms with Gasteiger partial charge in [-0.3, -0.25) is 0 Å². The van der Waals surface area contributed by atoms with Gasteiger partial charge in [0.1, 0.15) is 0 Å². The molecular weight excluding hydrogens is 192 g/mol. The summed E-state index contributed by atoms with van der Waals surface area (Å²) < 4.78 is 0. The third-order valence-electron chi connectivity index (χ3n) is 6.77. The van der Waals surface area contributed by atoms with E-state index < -0.39 is 0 Å². The second kappa shape index (κ2) is 3.75. The third kappa shape index (κ3) is 1.34. The maximum absolute atomic E-state index is 1.65. The van der Waals surface area contributed by atoms with Gasteiger partial charge < -0.3 is 0 Å². The van der Waals surface area contributed by atoms with E-state index in [4.69, 9.17) is 0 Å². The van der Waals surface area contributed by atoms with Gasteiger partial charge in [-0.25, -0.2) is 0 Å². The summed E-state index contributed by atoms with van der Waals surface area (Å²) in [6.45, 7) is 0. The van der Waals surface area contributed by atoms with Crippen molar-refractivity contribution in [2.24, 2.45) is 35.5 Å². The minimum Gasteiger partial charge on any atom is -0.0527 e. The van der Waals surface area contributed by atoms with Crippen molar-refractivity contribution in [3.8, 4) is 0 Å². The molecule has 16 heavy (non-hydrogen) atoms. The Labute approximate surface area is 100 Å². The highest BCUT2D eigenvalue weighted by molar-refractivity contribution is 5.00. The lowest BCUT2D eigenvalue weighted by Gasteiger charge is -2.28. The highest BCUT2D eigenvalue weighted by Crippen LogP contribution is 2.59. The van der Waals surface area contributed by atoms with Crippen LogP contribution in [0.1, 0.15) is 64.2 Å². The summed E-state index contributed by atoms with van der Waals surface area (Å²) >= 11 is 0. The summed E-state index contributed by atoms with van der Waals surface area (Å²) in [5.41, 5.74) is 0. The molecule has 0 aromatic heterocycles. The maximum Gasteiger partial charge on any atom is -0.0349 e. The molecule has 4 aliphatic rings. The van der Waals surface area contributed by atoms with E-state index in [0.29, 0.717) is 0 Å². The summed E-state index contributed by atoms with van der Waals surface area (Å²) in [4.78, 5) is 0. The Kier molecular flexibility index (Phi) is 2.34. The Morgan fingerprint density at radius 1 is 0.438 bits per heavy atom. The quantitative estimate of drug-likeness (QED) is 0.555. The molecule has 0 N–H and O–H groups in total. The van der Waals surface area contributed by atoms with Gasteiger partial charge in [-0.05, 0) is 61.2 Å². The molecule has 0 spiro atoms. The van der Waals surface area contributed by atoms with Gasteiger partial charge in [-0.2, -0.15) is 0 Å². The number of rotatable bonds is 0. The molecule has 4 saturated carbocycles. The van der Waals surface area contributed by atoms with Crippen LogP contribution in [0.15, 0.2) is 0 Å². The first-order valence-corrected chi connectivity index (χ1v) is 7.93. The first-order chi connectivity index (χ1) is 7.93. The van der Waals surface area contributed by atoms with Gasteiger partial charge in [0.05, 0.1) is 0 Å². The Bertz CT molecular complexity index is 269. The fourth-order valence-corrected chi connectivity index (χ4v) is 6.29. The largest absolute Gasteiger partial charge is 0.0527 e. The van der Waals surface area contributed by atoms with E-state index in [1.54, 1.807) is 64.2 Å². The lowest BCUT2D eigenvalue weighted by atomic mass is 9.77. The number of hydrogen-bond acceptors (Lipinski definition) is 0. The topological polar surface area (TPSA) is 0 Å². The van der Waals surface area contributed by atoms with Crippen molar-refractivity contribution in [1.82, 2.24) is 0 Å². The Morgan fingerprint density at radius 2 is 1.00 bits per heavy atom. The summed E-state index contributed by atoms with van der Waals surface area (Å²) in [5, 5.41) is 0. The van der Waals surface area contributed by atoms with Crippen LogP contribution in [0.25, 0.3) is 0 Å². The normalized spacial score (nSPS) is 55.5. The van der Waals surface area contributed by atoms with E-state index in [-0.39, 0.29) is 0 Å². The lowest BCUT2D eigenvalue weighted by Crippen LogP contribution is -2.22. The molecule has 0 aliphatic heterocycles. The monoisotopic (exact) mass is 218 g/mol. The second-order valence-electron chi connectivity index (χ2n) is 7.20. The molecule has 4 rings (SSSR count). The maximum atomic E-state index is 1.65. The molecule has 4 fully saturated rings. The van der Waals surface area contributed by atoms with Crippen molar-refractivity contribution >= 4 is 0 Å². The van der Waals surface area contributed by atoms with Crippen LogP contribution in [0.2, 0.25) is 0 Å². The molecule has 0 heterocycles. The summed E-state index contributed by atoms with van der Waals surface area (Å²) in [6, 6.07) is 0. The lowest BCUT2D eigenvalue weighted by molar-refractivity contribution is 0.204. The van der Waals surface area contributed by atoms with Crippen molar-refractivity contribution in [2.45, 2.75) is 64.2 Å². The Morgan fingerprint density at radius 3 is 1.75 bits per heavy atom. The number of hydrogen-bond donors (Lipinski definition) is 0.